The average Bonchev–Trinajstić information content (AvgIpc) is 3.42. The summed E-state index contributed by atoms with van der Waals surface area (Å²) in [5.74, 6) is -0.623. The van der Waals surface area contributed by atoms with E-state index in [9.17, 15) is 13.2 Å². The van der Waals surface area contributed by atoms with Crippen LogP contribution in [0.3, 0.4) is 0 Å². The molecule has 1 aliphatic rings. The van der Waals surface area contributed by atoms with Gasteiger partial charge in [-0.15, -0.1) is 11.3 Å². The number of benzene rings is 1. The molecule has 4 rings (SSSR count). The van der Waals surface area contributed by atoms with Crippen molar-refractivity contribution in [2.45, 2.75) is 24.1 Å². The first-order valence-electron chi connectivity index (χ1n) is 9.93. The Balaban J connectivity index is 1.50. The number of rotatable bonds is 7. The van der Waals surface area contributed by atoms with Gasteiger partial charge in [0.1, 0.15) is 10.3 Å². The van der Waals surface area contributed by atoms with Gasteiger partial charge in [0.2, 0.25) is 5.91 Å². The number of fused-ring (bicyclic) bond motifs is 1. The number of aromatic nitrogens is 1. The first-order valence-corrected chi connectivity index (χ1v) is 13.1. The Morgan fingerprint density at radius 2 is 2.00 bits per heavy atom. The van der Waals surface area contributed by atoms with Gasteiger partial charge >= 0.3 is 0 Å². The van der Waals surface area contributed by atoms with Crippen molar-refractivity contribution in [3.63, 3.8) is 0 Å². The van der Waals surface area contributed by atoms with Crippen molar-refractivity contribution < 1.29 is 17.9 Å². The average molecular weight is 481 g/mol. The van der Waals surface area contributed by atoms with Gasteiger partial charge in [0.15, 0.2) is 5.13 Å². The van der Waals surface area contributed by atoms with E-state index in [4.69, 9.17) is 4.74 Å². The summed E-state index contributed by atoms with van der Waals surface area (Å²) in [5, 5.41) is 5.48. The molecule has 3 heterocycles. The summed E-state index contributed by atoms with van der Waals surface area (Å²) in [5.41, 5.74) is 1.47. The van der Waals surface area contributed by atoms with Crippen molar-refractivity contribution in [1.82, 2.24) is 9.71 Å². The Kier molecular flexibility index (Phi) is 6.58. The summed E-state index contributed by atoms with van der Waals surface area (Å²) in [6.07, 6.45) is 0. The van der Waals surface area contributed by atoms with Crippen molar-refractivity contribution in [2.75, 3.05) is 36.5 Å². The van der Waals surface area contributed by atoms with Gasteiger partial charge in [0.05, 0.1) is 23.4 Å². The lowest BCUT2D eigenvalue weighted by Crippen LogP contribution is -2.46. The second-order valence-electron chi connectivity index (χ2n) is 7.54. The number of amides is 1. The van der Waals surface area contributed by atoms with Crippen LogP contribution in [0.4, 0.5) is 10.8 Å². The van der Waals surface area contributed by atoms with Crippen LogP contribution >= 0.6 is 22.7 Å². The van der Waals surface area contributed by atoms with Crippen molar-refractivity contribution in [3.8, 4) is 0 Å². The van der Waals surface area contributed by atoms with Crippen LogP contribution in [-0.4, -0.2) is 51.7 Å². The smallest absolute Gasteiger partial charge is 0.250 e. The summed E-state index contributed by atoms with van der Waals surface area (Å²) in [6.45, 7) is 6.61. The van der Waals surface area contributed by atoms with E-state index in [2.05, 4.69) is 19.9 Å². The van der Waals surface area contributed by atoms with Crippen LogP contribution in [0.25, 0.3) is 10.2 Å². The number of hydrogen-bond donors (Lipinski definition) is 2. The molecule has 0 spiro atoms. The zero-order valence-electron chi connectivity index (χ0n) is 17.2. The van der Waals surface area contributed by atoms with Gasteiger partial charge in [-0.3, -0.25) is 4.79 Å². The molecule has 0 unspecified atom stereocenters. The maximum Gasteiger partial charge on any atom is 0.250 e. The summed E-state index contributed by atoms with van der Waals surface area (Å²) < 4.78 is 34.3. The minimum Gasteiger partial charge on any atom is -0.378 e. The van der Waals surface area contributed by atoms with E-state index >= 15 is 0 Å². The number of thiophene rings is 1. The molecule has 166 valence electrons. The zero-order valence-corrected chi connectivity index (χ0v) is 19.6. The molecule has 1 saturated heterocycles. The molecule has 0 bridgehead atoms. The van der Waals surface area contributed by atoms with Gasteiger partial charge in [-0.05, 0) is 35.6 Å². The fourth-order valence-corrected chi connectivity index (χ4v) is 6.64. The highest BCUT2D eigenvalue weighted by molar-refractivity contribution is 7.91. The predicted octanol–water partition coefficient (Wildman–Crippen LogP) is 3.14. The van der Waals surface area contributed by atoms with Crippen LogP contribution in [0.1, 0.15) is 13.8 Å². The van der Waals surface area contributed by atoms with E-state index in [1.54, 1.807) is 28.8 Å². The Hall–Kier alpha value is -2.05. The van der Waals surface area contributed by atoms with Crippen molar-refractivity contribution in [3.05, 3.63) is 35.7 Å². The SMILES string of the molecule is CC(C)[C@H](NS(=O)(=O)c1cccs1)C(=O)Nc1ccc2nc(N3CCOCC3)sc2c1. The summed E-state index contributed by atoms with van der Waals surface area (Å²) in [6, 6.07) is 7.82. The van der Waals surface area contributed by atoms with E-state index in [-0.39, 0.29) is 10.1 Å². The maximum absolute atomic E-state index is 12.9. The van der Waals surface area contributed by atoms with Gasteiger partial charge in [-0.2, -0.15) is 4.72 Å². The van der Waals surface area contributed by atoms with E-state index in [0.717, 1.165) is 39.8 Å². The highest BCUT2D eigenvalue weighted by Gasteiger charge is 2.29. The Morgan fingerprint density at radius 1 is 1.23 bits per heavy atom. The monoisotopic (exact) mass is 480 g/mol. The molecule has 31 heavy (non-hydrogen) atoms. The van der Waals surface area contributed by atoms with Gasteiger partial charge in [0.25, 0.3) is 10.0 Å². The van der Waals surface area contributed by atoms with Gasteiger partial charge < -0.3 is 15.0 Å². The third kappa shape index (κ3) is 5.07. The number of nitrogens with one attached hydrogen (secondary N) is 2. The molecule has 1 aliphatic heterocycles. The van der Waals surface area contributed by atoms with Crippen LogP contribution in [0.15, 0.2) is 39.9 Å². The van der Waals surface area contributed by atoms with Crippen molar-refractivity contribution >= 4 is 59.6 Å². The van der Waals surface area contributed by atoms with Crippen LogP contribution in [0.5, 0.6) is 0 Å². The lowest BCUT2D eigenvalue weighted by atomic mass is 10.0. The van der Waals surface area contributed by atoms with Crippen LogP contribution in [0.2, 0.25) is 0 Å². The highest BCUT2D eigenvalue weighted by atomic mass is 32.2. The topological polar surface area (TPSA) is 101 Å². The number of thiazole rings is 1. The summed E-state index contributed by atoms with van der Waals surface area (Å²) >= 11 is 2.68. The highest BCUT2D eigenvalue weighted by Crippen LogP contribution is 2.31. The lowest BCUT2D eigenvalue weighted by molar-refractivity contribution is -0.118. The Bertz CT molecular complexity index is 1150. The number of morpholine rings is 1. The first-order chi connectivity index (χ1) is 14.8. The molecule has 1 fully saturated rings. The van der Waals surface area contributed by atoms with Gasteiger partial charge in [0, 0.05) is 18.8 Å². The Labute approximate surface area is 189 Å². The van der Waals surface area contributed by atoms with Gasteiger partial charge in [-0.25, -0.2) is 13.4 Å². The number of nitrogens with zero attached hydrogens (tertiary/aromatic N) is 2. The number of carbonyl (C=O) groups is 1. The molecule has 0 saturated carbocycles. The zero-order chi connectivity index (χ0) is 22.0. The molecular formula is C20H24N4O4S3. The molecule has 11 heteroatoms. The molecule has 0 aliphatic carbocycles. The summed E-state index contributed by atoms with van der Waals surface area (Å²) in [7, 11) is -3.76. The fraction of sp³-hybridized carbons (Fsp3) is 0.400. The predicted molar refractivity (Wildman–Crippen MR) is 125 cm³/mol. The fourth-order valence-electron chi connectivity index (χ4n) is 3.23. The second-order valence-corrected chi connectivity index (χ2v) is 11.4. The molecule has 1 amide bonds. The molecule has 1 aromatic carbocycles. The third-order valence-corrected chi connectivity index (χ3v) is 8.84. The molecule has 2 N–H and O–H groups in total. The summed E-state index contributed by atoms with van der Waals surface area (Å²) in [4.78, 5) is 19.8. The molecule has 1 atom stereocenters. The minimum absolute atomic E-state index is 0.188. The largest absolute Gasteiger partial charge is 0.378 e. The quantitative estimate of drug-likeness (QED) is 0.539. The lowest BCUT2D eigenvalue weighted by Gasteiger charge is -2.25. The number of carbonyl (C=O) groups excluding carboxylic acids is 1. The van der Waals surface area contributed by atoms with Crippen molar-refractivity contribution in [2.24, 2.45) is 5.92 Å². The first kappa shape index (κ1) is 22.2. The molecule has 8 nitrogen and oxygen atoms in total. The number of ether oxygens (including phenoxy) is 1. The van der Waals surface area contributed by atoms with E-state index in [1.807, 2.05) is 26.0 Å². The van der Waals surface area contributed by atoms with Crippen LogP contribution < -0.4 is 14.9 Å². The van der Waals surface area contributed by atoms with E-state index in [0.29, 0.717) is 18.9 Å². The normalized spacial score (nSPS) is 16.0. The molecule has 2 aromatic heterocycles. The molecular weight excluding hydrogens is 456 g/mol. The van der Waals surface area contributed by atoms with E-state index in [1.165, 1.54) is 6.07 Å². The van der Waals surface area contributed by atoms with Crippen LogP contribution in [-0.2, 0) is 19.6 Å². The minimum atomic E-state index is -3.76. The Morgan fingerprint density at radius 3 is 2.68 bits per heavy atom. The van der Waals surface area contributed by atoms with E-state index < -0.39 is 22.0 Å². The van der Waals surface area contributed by atoms with Crippen LogP contribution in [0, 0.1) is 5.92 Å². The third-order valence-electron chi connectivity index (χ3n) is 4.92. The van der Waals surface area contributed by atoms with Gasteiger partial charge in [-0.1, -0.05) is 31.3 Å². The van der Waals surface area contributed by atoms with Crippen molar-refractivity contribution in [1.29, 1.82) is 0 Å². The standard InChI is InChI=1S/C20H24N4O4S3/c1-13(2)18(23-31(26,27)17-4-3-11-29-17)19(25)21-14-5-6-15-16(12-14)30-20(22-15)24-7-9-28-10-8-24/h3-6,11-13,18,23H,7-10H2,1-2H3,(H,21,25)/t18-/m0/s1. The molecule has 0 radical (unpaired) electrons. The number of sulfonamides is 1. The number of anilines is 2. The second kappa shape index (κ2) is 9.21. The number of hydrogen-bond acceptors (Lipinski definition) is 8. The molecule has 3 aromatic rings. The maximum atomic E-state index is 12.9.